The second-order valence-corrected chi connectivity index (χ2v) is 10.1. The second-order valence-electron chi connectivity index (χ2n) is 10.1. The van der Waals surface area contributed by atoms with Crippen molar-refractivity contribution in [2.75, 3.05) is 87.9 Å². The number of nitrogens with one attached hydrogen (secondary N) is 3. The van der Waals surface area contributed by atoms with E-state index >= 15 is 0 Å². The Hall–Kier alpha value is -3.06. The molecular weight excluding hydrogens is 512 g/mol. The summed E-state index contributed by atoms with van der Waals surface area (Å²) in [5.41, 5.74) is 6.98. The average Bonchev–Trinajstić information content (AvgIpc) is 3.01. The van der Waals surface area contributed by atoms with E-state index < -0.39 is 0 Å². The standard InChI is InChI=1S/C28H44N8O4/c29-10-14-38-18-19-39-15-11-30-25(37)24-8-6-23(7-9-24)21-32-27-33-26(31-20-22-4-2-1-3-5-22)34-28(35-27)36-12-16-40-17-13-36/h6-9,22H,1-5,10-21,29H2,(H,30,37)(H2,31,32,33,34,35). The van der Waals surface area contributed by atoms with E-state index in [0.717, 1.165) is 25.2 Å². The molecule has 1 amide bonds. The Kier molecular flexibility index (Phi) is 12.6. The van der Waals surface area contributed by atoms with Gasteiger partial charge in [-0.15, -0.1) is 0 Å². The summed E-state index contributed by atoms with van der Waals surface area (Å²) in [5.74, 6) is 2.31. The number of amides is 1. The minimum absolute atomic E-state index is 0.135. The maximum absolute atomic E-state index is 12.4. The van der Waals surface area contributed by atoms with Gasteiger partial charge in [0.25, 0.3) is 5.91 Å². The van der Waals surface area contributed by atoms with E-state index in [2.05, 4.69) is 30.8 Å². The van der Waals surface area contributed by atoms with Crippen LogP contribution in [0, 0.1) is 5.92 Å². The molecule has 0 radical (unpaired) electrons. The van der Waals surface area contributed by atoms with Crippen molar-refractivity contribution in [2.24, 2.45) is 11.7 Å². The number of nitrogens with zero attached hydrogens (tertiary/aromatic N) is 4. The first kappa shape index (κ1) is 29.9. The minimum atomic E-state index is -0.135. The first-order valence-corrected chi connectivity index (χ1v) is 14.5. The van der Waals surface area contributed by atoms with E-state index in [1.807, 2.05) is 24.3 Å². The zero-order valence-electron chi connectivity index (χ0n) is 23.4. The van der Waals surface area contributed by atoms with Gasteiger partial charge in [0.05, 0.1) is 39.6 Å². The summed E-state index contributed by atoms with van der Waals surface area (Å²) in [6, 6.07) is 7.49. The van der Waals surface area contributed by atoms with Crippen molar-refractivity contribution in [3.8, 4) is 0 Å². The van der Waals surface area contributed by atoms with Crippen molar-refractivity contribution in [1.82, 2.24) is 20.3 Å². The summed E-state index contributed by atoms with van der Waals surface area (Å²) in [7, 11) is 0. The Morgan fingerprint density at radius 2 is 1.62 bits per heavy atom. The van der Waals surface area contributed by atoms with Gasteiger partial charge in [-0.3, -0.25) is 4.79 Å². The molecule has 2 aromatic rings. The molecule has 2 fully saturated rings. The Morgan fingerprint density at radius 1 is 0.925 bits per heavy atom. The summed E-state index contributed by atoms with van der Waals surface area (Å²) in [6.45, 7) is 7.09. The molecular formula is C28H44N8O4. The van der Waals surface area contributed by atoms with Crippen LogP contribution in [0.15, 0.2) is 24.3 Å². The largest absolute Gasteiger partial charge is 0.378 e. The van der Waals surface area contributed by atoms with E-state index in [1.54, 1.807) is 0 Å². The van der Waals surface area contributed by atoms with E-state index in [0.29, 0.717) is 88.6 Å². The molecule has 1 saturated carbocycles. The Morgan fingerprint density at radius 3 is 2.35 bits per heavy atom. The zero-order chi connectivity index (χ0) is 27.8. The van der Waals surface area contributed by atoms with Gasteiger partial charge >= 0.3 is 0 Å². The summed E-state index contributed by atoms with van der Waals surface area (Å²) in [4.78, 5) is 28.6. The molecule has 1 aliphatic heterocycles. The minimum Gasteiger partial charge on any atom is -0.378 e. The number of carbonyl (C=O) groups excluding carboxylic acids is 1. The van der Waals surface area contributed by atoms with Crippen molar-refractivity contribution in [3.05, 3.63) is 35.4 Å². The summed E-state index contributed by atoms with van der Waals surface area (Å²) >= 11 is 0. The molecule has 0 unspecified atom stereocenters. The number of hydrogen-bond acceptors (Lipinski definition) is 11. The van der Waals surface area contributed by atoms with Gasteiger partial charge < -0.3 is 40.8 Å². The SMILES string of the molecule is NCCOCCOCCNC(=O)c1ccc(CNc2nc(NCC3CCCCC3)nc(N3CCOCC3)n2)cc1. The first-order chi connectivity index (χ1) is 19.7. The smallest absolute Gasteiger partial charge is 0.251 e. The summed E-state index contributed by atoms with van der Waals surface area (Å²) in [5, 5.41) is 9.67. The summed E-state index contributed by atoms with van der Waals surface area (Å²) in [6.07, 6.45) is 6.45. The van der Waals surface area contributed by atoms with Crippen molar-refractivity contribution in [3.63, 3.8) is 0 Å². The van der Waals surface area contributed by atoms with Crippen molar-refractivity contribution < 1.29 is 19.0 Å². The molecule has 12 heteroatoms. The number of aromatic nitrogens is 3. The monoisotopic (exact) mass is 556 g/mol. The van der Waals surface area contributed by atoms with Gasteiger partial charge in [-0.2, -0.15) is 15.0 Å². The van der Waals surface area contributed by atoms with Crippen LogP contribution in [-0.4, -0.2) is 93.2 Å². The van der Waals surface area contributed by atoms with Crippen LogP contribution in [0.2, 0.25) is 0 Å². The van der Waals surface area contributed by atoms with Crippen LogP contribution >= 0.6 is 0 Å². The molecule has 12 nitrogen and oxygen atoms in total. The lowest BCUT2D eigenvalue weighted by molar-refractivity contribution is 0.0511. The van der Waals surface area contributed by atoms with E-state index in [-0.39, 0.29) is 5.91 Å². The lowest BCUT2D eigenvalue weighted by Gasteiger charge is -2.27. The number of benzene rings is 1. The van der Waals surface area contributed by atoms with Crippen LogP contribution in [0.5, 0.6) is 0 Å². The molecule has 4 rings (SSSR count). The summed E-state index contributed by atoms with van der Waals surface area (Å²) < 4.78 is 16.2. The lowest BCUT2D eigenvalue weighted by Crippen LogP contribution is -2.37. The van der Waals surface area contributed by atoms with Crippen LogP contribution in [0.4, 0.5) is 17.8 Å². The van der Waals surface area contributed by atoms with Gasteiger partial charge in [-0.05, 0) is 36.5 Å². The Bertz CT molecular complexity index is 1010. The number of anilines is 3. The fraction of sp³-hybridized carbons (Fsp3) is 0.643. The topological polar surface area (TPSA) is 149 Å². The molecule has 220 valence electrons. The van der Waals surface area contributed by atoms with Gasteiger partial charge in [-0.1, -0.05) is 31.4 Å². The molecule has 40 heavy (non-hydrogen) atoms. The van der Waals surface area contributed by atoms with Crippen LogP contribution in [0.25, 0.3) is 0 Å². The van der Waals surface area contributed by atoms with Crippen LogP contribution < -0.4 is 26.6 Å². The van der Waals surface area contributed by atoms with Crippen LogP contribution in [0.3, 0.4) is 0 Å². The molecule has 1 saturated heterocycles. The molecule has 1 aromatic heterocycles. The van der Waals surface area contributed by atoms with Crippen LogP contribution in [0.1, 0.15) is 48.0 Å². The predicted molar refractivity (Wildman–Crippen MR) is 155 cm³/mol. The Balaban J connectivity index is 1.27. The molecule has 0 bridgehead atoms. The first-order valence-electron chi connectivity index (χ1n) is 14.5. The van der Waals surface area contributed by atoms with Gasteiger partial charge in [0.15, 0.2) is 0 Å². The highest BCUT2D eigenvalue weighted by Crippen LogP contribution is 2.24. The maximum atomic E-state index is 12.4. The fourth-order valence-electron chi connectivity index (χ4n) is 4.75. The zero-order valence-corrected chi connectivity index (χ0v) is 23.4. The third-order valence-corrected chi connectivity index (χ3v) is 7.02. The van der Waals surface area contributed by atoms with Crippen molar-refractivity contribution in [2.45, 2.75) is 38.6 Å². The van der Waals surface area contributed by atoms with Gasteiger partial charge in [0.1, 0.15) is 0 Å². The third kappa shape index (κ3) is 10.2. The fourth-order valence-corrected chi connectivity index (χ4v) is 4.75. The molecule has 0 spiro atoms. The quantitative estimate of drug-likeness (QED) is 0.225. The number of rotatable bonds is 16. The second kappa shape index (κ2) is 16.9. The van der Waals surface area contributed by atoms with Gasteiger partial charge in [0, 0.05) is 44.8 Å². The normalized spacial score (nSPS) is 16.1. The van der Waals surface area contributed by atoms with Gasteiger partial charge in [0.2, 0.25) is 17.8 Å². The highest BCUT2D eigenvalue weighted by molar-refractivity contribution is 5.94. The van der Waals surface area contributed by atoms with E-state index in [1.165, 1.54) is 32.1 Å². The molecule has 2 heterocycles. The number of hydrogen-bond donors (Lipinski definition) is 4. The molecule has 5 N–H and O–H groups in total. The number of ether oxygens (including phenoxy) is 3. The number of nitrogens with two attached hydrogens (primary N) is 1. The highest BCUT2D eigenvalue weighted by atomic mass is 16.5. The third-order valence-electron chi connectivity index (χ3n) is 7.02. The van der Waals surface area contributed by atoms with Crippen LogP contribution in [-0.2, 0) is 20.8 Å². The maximum Gasteiger partial charge on any atom is 0.251 e. The highest BCUT2D eigenvalue weighted by Gasteiger charge is 2.18. The molecule has 1 aliphatic carbocycles. The number of morpholine rings is 1. The van der Waals surface area contributed by atoms with Crippen molar-refractivity contribution >= 4 is 23.8 Å². The van der Waals surface area contributed by atoms with E-state index in [9.17, 15) is 4.79 Å². The molecule has 0 atom stereocenters. The van der Waals surface area contributed by atoms with Gasteiger partial charge in [-0.25, -0.2) is 0 Å². The lowest BCUT2D eigenvalue weighted by atomic mass is 9.89. The Labute approximate surface area is 236 Å². The van der Waals surface area contributed by atoms with E-state index in [4.69, 9.17) is 24.9 Å². The predicted octanol–water partition coefficient (Wildman–Crippen LogP) is 2.03. The number of carbonyl (C=O) groups is 1. The molecule has 1 aromatic carbocycles. The average molecular weight is 557 g/mol. The van der Waals surface area contributed by atoms with Crippen molar-refractivity contribution in [1.29, 1.82) is 0 Å². The molecule has 2 aliphatic rings.